The number of carboxylic acid groups (broad SMARTS) is 1. The van der Waals surface area contributed by atoms with Gasteiger partial charge in [0.2, 0.25) is 11.8 Å². The summed E-state index contributed by atoms with van der Waals surface area (Å²) in [5.41, 5.74) is 0.726. The van der Waals surface area contributed by atoms with E-state index in [0.717, 1.165) is 6.08 Å². The molecule has 112 valence electrons. The van der Waals surface area contributed by atoms with Crippen LogP contribution in [0, 0.1) is 5.82 Å². The monoisotopic (exact) mass is 294 g/mol. The van der Waals surface area contributed by atoms with Gasteiger partial charge in [0.15, 0.2) is 0 Å². The van der Waals surface area contributed by atoms with Crippen LogP contribution in [0.25, 0.3) is 6.08 Å². The fourth-order valence-electron chi connectivity index (χ4n) is 1.46. The largest absolute Gasteiger partial charge is 0.478 e. The number of carbonyl (C=O) groups excluding carboxylic acids is 2. The van der Waals surface area contributed by atoms with Crippen LogP contribution in [0.2, 0.25) is 0 Å². The zero-order valence-corrected chi connectivity index (χ0v) is 11.4. The average molecular weight is 294 g/mol. The van der Waals surface area contributed by atoms with Gasteiger partial charge in [-0.2, -0.15) is 0 Å². The van der Waals surface area contributed by atoms with Gasteiger partial charge in [0.1, 0.15) is 5.82 Å². The van der Waals surface area contributed by atoms with Crippen LogP contribution in [0.3, 0.4) is 0 Å². The molecule has 1 aromatic carbocycles. The van der Waals surface area contributed by atoms with Gasteiger partial charge in [-0.15, -0.1) is 0 Å². The number of hydrogen-bond donors (Lipinski definition) is 3. The van der Waals surface area contributed by atoms with E-state index < -0.39 is 17.7 Å². The molecule has 0 unspecified atom stereocenters. The van der Waals surface area contributed by atoms with Crippen molar-refractivity contribution in [3.63, 3.8) is 0 Å². The van der Waals surface area contributed by atoms with Crippen LogP contribution in [0.4, 0.5) is 4.39 Å². The van der Waals surface area contributed by atoms with E-state index in [2.05, 4.69) is 10.6 Å². The van der Waals surface area contributed by atoms with Crippen LogP contribution < -0.4 is 10.6 Å². The van der Waals surface area contributed by atoms with Gasteiger partial charge < -0.3 is 15.7 Å². The third-order valence-corrected chi connectivity index (χ3v) is 2.46. The molecule has 0 aliphatic heterocycles. The number of hydrogen-bond acceptors (Lipinski definition) is 3. The summed E-state index contributed by atoms with van der Waals surface area (Å²) >= 11 is 0. The van der Waals surface area contributed by atoms with E-state index in [1.807, 2.05) is 0 Å². The van der Waals surface area contributed by atoms with Crippen molar-refractivity contribution in [2.45, 2.75) is 13.5 Å². The van der Waals surface area contributed by atoms with Gasteiger partial charge in [-0.05, 0) is 23.8 Å². The molecule has 7 heteroatoms. The maximum atomic E-state index is 13.6. The third kappa shape index (κ3) is 6.33. The third-order valence-electron chi connectivity index (χ3n) is 2.46. The Hall–Kier alpha value is -2.70. The first-order chi connectivity index (χ1) is 9.88. The predicted octanol–water partition coefficient (Wildman–Crippen LogP) is 0.676. The molecule has 0 atom stereocenters. The molecule has 0 saturated carbocycles. The van der Waals surface area contributed by atoms with E-state index >= 15 is 0 Å². The summed E-state index contributed by atoms with van der Waals surface area (Å²) in [7, 11) is 0. The second-order valence-electron chi connectivity index (χ2n) is 4.21. The molecule has 0 spiro atoms. The van der Waals surface area contributed by atoms with E-state index in [-0.39, 0.29) is 24.6 Å². The Morgan fingerprint density at radius 3 is 2.62 bits per heavy atom. The smallest absolute Gasteiger partial charge is 0.328 e. The molecule has 0 aromatic heterocycles. The highest BCUT2D eigenvalue weighted by molar-refractivity contribution is 5.85. The molecular weight excluding hydrogens is 279 g/mol. The molecule has 6 nitrogen and oxygen atoms in total. The molecule has 0 aliphatic rings. The number of nitrogens with one attached hydrogen (secondary N) is 2. The van der Waals surface area contributed by atoms with Crippen molar-refractivity contribution >= 4 is 23.9 Å². The maximum absolute atomic E-state index is 13.6. The number of carboxylic acids is 1. The van der Waals surface area contributed by atoms with E-state index in [1.165, 1.54) is 31.2 Å². The molecule has 0 aliphatic carbocycles. The van der Waals surface area contributed by atoms with Gasteiger partial charge in [-0.25, -0.2) is 9.18 Å². The number of rotatable bonds is 6. The fourth-order valence-corrected chi connectivity index (χ4v) is 1.46. The lowest BCUT2D eigenvalue weighted by Crippen LogP contribution is -2.35. The standard InChI is InChI=1S/C14H15FN2O4/c1-9(18)16-8-13(19)17-7-11-6-10(2-4-12(11)15)3-5-14(20)21/h2-6H,7-8H2,1H3,(H,16,18)(H,17,19)(H,20,21). The highest BCUT2D eigenvalue weighted by atomic mass is 19.1. The molecule has 0 heterocycles. The van der Waals surface area contributed by atoms with Gasteiger partial charge in [-0.1, -0.05) is 6.07 Å². The molecule has 1 aromatic rings. The lowest BCUT2D eigenvalue weighted by Gasteiger charge is -2.07. The molecule has 2 amide bonds. The number of benzene rings is 1. The first-order valence-corrected chi connectivity index (χ1v) is 6.09. The van der Waals surface area contributed by atoms with Gasteiger partial charge in [0, 0.05) is 25.1 Å². The Morgan fingerprint density at radius 1 is 1.29 bits per heavy atom. The van der Waals surface area contributed by atoms with Crippen LogP contribution in [0.1, 0.15) is 18.1 Å². The van der Waals surface area contributed by atoms with Crippen LogP contribution in [0.5, 0.6) is 0 Å². The second-order valence-corrected chi connectivity index (χ2v) is 4.21. The summed E-state index contributed by atoms with van der Waals surface area (Å²) in [5.74, 6) is -2.40. The second kappa shape index (κ2) is 7.78. The van der Waals surface area contributed by atoms with Crippen LogP contribution in [-0.4, -0.2) is 29.4 Å². The van der Waals surface area contributed by atoms with E-state index in [4.69, 9.17) is 5.11 Å². The number of carbonyl (C=O) groups is 3. The summed E-state index contributed by atoms with van der Waals surface area (Å²) in [6.45, 7) is 1.04. The van der Waals surface area contributed by atoms with Gasteiger partial charge >= 0.3 is 5.97 Å². The Labute approximate surface area is 120 Å². The Kier molecular flexibility index (Phi) is 6.06. The molecule has 1 rings (SSSR count). The summed E-state index contributed by atoms with van der Waals surface area (Å²) in [6.07, 6.45) is 2.26. The zero-order valence-electron chi connectivity index (χ0n) is 11.4. The van der Waals surface area contributed by atoms with Crippen molar-refractivity contribution in [1.29, 1.82) is 0 Å². The SMILES string of the molecule is CC(=O)NCC(=O)NCc1cc(C=CC(=O)O)ccc1F. The summed E-state index contributed by atoms with van der Waals surface area (Å²) < 4.78 is 13.6. The summed E-state index contributed by atoms with van der Waals surface area (Å²) in [4.78, 5) is 32.4. The van der Waals surface area contributed by atoms with Crippen molar-refractivity contribution in [3.8, 4) is 0 Å². The first-order valence-electron chi connectivity index (χ1n) is 6.09. The van der Waals surface area contributed by atoms with Crippen LogP contribution in [0.15, 0.2) is 24.3 Å². The molecular formula is C14H15FN2O4. The molecule has 3 N–H and O–H groups in total. The minimum atomic E-state index is -1.11. The van der Waals surface area contributed by atoms with Crippen molar-refractivity contribution in [1.82, 2.24) is 10.6 Å². The molecule has 0 fully saturated rings. The maximum Gasteiger partial charge on any atom is 0.328 e. The molecule has 0 radical (unpaired) electrons. The molecule has 0 bridgehead atoms. The summed E-state index contributed by atoms with van der Waals surface area (Å²) in [5, 5.41) is 13.3. The fraction of sp³-hybridized carbons (Fsp3) is 0.214. The van der Waals surface area contributed by atoms with Gasteiger partial charge in [-0.3, -0.25) is 9.59 Å². The van der Waals surface area contributed by atoms with Gasteiger partial charge in [0.05, 0.1) is 6.54 Å². The Bertz CT molecular complexity index is 584. The normalized spacial score (nSPS) is 10.4. The van der Waals surface area contributed by atoms with E-state index in [0.29, 0.717) is 5.56 Å². The van der Waals surface area contributed by atoms with Crippen molar-refractivity contribution in [2.24, 2.45) is 0 Å². The van der Waals surface area contributed by atoms with E-state index in [9.17, 15) is 18.8 Å². The van der Waals surface area contributed by atoms with Crippen LogP contribution >= 0.6 is 0 Å². The molecule has 0 saturated heterocycles. The van der Waals surface area contributed by atoms with Crippen molar-refractivity contribution in [2.75, 3.05) is 6.54 Å². The quantitative estimate of drug-likeness (QED) is 0.672. The summed E-state index contributed by atoms with van der Waals surface area (Å²) in [6, 6.07) is 4.06. The highest BCUT2D eigenvalue weighted by Crippen LogP contribution is 2.12. The predicted molar refractivity (Wildman–Crippen MR) is 73.6 cm³/mol. The van der Waals surface area contributed by atoms with E-state index in [1.54, 1.807) is 0 Å². The average Bonchev–Trinajstić information content (AvgIpc) is 2.42. The lowest BCUT2D eigenvalue weighted by molar-refractivity contribution is -0.131. The van der Waals surface area contributed by atoms with Crippen molar-refractivity contribution < 1.29 is 23.9 Å². The molecule has 21 heavy (non-hydrogen) atoms. The zero-order chi connectivity index (χ0) is 15.8. The Morgan fingerprint density at radius 2 is 2.00 bits per heavy atom. The van der Waals surface area contributed by atoms with Crippen LogP contribution in [-0.2, 0) is 20.9 Å². The van der Waals surface area contributed by atoms with Crippen molar-refractivity contribution in [3.05, 3.63) is 41.2 Å². The topological polar surface area (TPSA) is 95.5 Å². The number of halogens is 1. The van der Waals surface area contributed by atoms with Gasteiger partial charge in [0.25, 0.3) is 0 Å². The number of amides is 2. The lowest BCUT2D eigenvalue weighted by atomic mass is 10.1. The minimum absolute atomic E-state index is 0.0565. The minimum Gasteiger partial charge on any atom is -0.478 e. The highest BCUT2D eigenvalue weighted by Gasteiger charge is 2.06. The Balaban J connectivity index is 2.65. The first kappa shape index (κ1) is 16.4. The number of aliphatic carboxylic acids is 1.